The average Bonchev–Trinajstić information content (AvgIpc) is 2.60. The van der Waals surface area contributed by atoms with E-state index in [0.29, 0.717) is 17.9 Å². The number of likely N-dealkylation sites (N-methyl/N-ethyl adjacent to an activating group) is 1. The minimum Gasteiger partial charge on any atom is -0.491 e. The Morgan fingerprint density at radius 3 is 2.50 bits per heavy atom. The summed E-state index contributed by atoms with van der Waals surface area (Å²) in [6.07, 6.45) is 0. The largest absolute Gasteiger partial charge is 0.491 e. The lowest BCUT2D eigenvalue weighted by atomic mass is 10.2. The summed E-state index contributed by atoms with van der Waals surface area (Å²) in [5, 5.41) is 2.90. The Kier molecular flexibility index (Phi) is 7.28. The van der Waals surface area contributed by atoms with Gasteiger partial charge in [0.1, 0.15) is 12.4 Å². The van der Waals surface area contributed by atoms with Crippen LogP contribution in [0.4, 0.5) is 5.69 Å². The van der Waals surface area contributed by atoms with Gasteiger partial charge in [-0.15, -0.1) is 0 Å². The summed E-state index contributed by atoms with van der Waals surface area (Å²) < 4.78 is 6.71. The van der Waals surface area contributed by atoms with E-state index in [1.165, 1.54) is 0 Å². The fourth-order valence-electron chi connectivity index (χ4n) is 2.35. The highest BCUT2D eigenvalue weighted by Gasteiger charge is 2.14. The molecule has 1 N–H and O–H groups in total. The smallest absolute Gasteiger partial charge is 0.259 e. The van der Waals surface area contributed by atoms with Crippen LogP contribution in [-0.2, 0) is 0 Å². The number of benzene rings is 2. The lowest BCUT2D eigenvalue weighted by molar-refractivity contribution is 0.102. The number of para-hydroxylation sites is 1. The molecule has 24 heavy (non-hydrogen) atoms. The van der Waals surface area contributed by atoms with Crippen LogP contribution in [0.2, 0.25) is 0 Å². The lowest BCUT2D eigenvalue weighted by Gasteiger charge is -2.19. The van der Waals surface area contributed by atoms with Crippen LogP contribution in [0, 0.1) is 0 Å². The zero-order chi connectivity index (χ0) is 17.4. The van der Waals surface area contributed by atoms with Gasteiger partial charge in [-0.1, -0.05) is 48.0 Å². The highest BCUT2D eigenvalue weighted by Crippen LogP contribution is 2.24. The third-order valence-corrected chi connectivity index (χ3v) is 4.27. The molecule has 0 fully saturated rings. The van der Waals surface area contributed by atoms with Gasteiger partial charge in [0.15, 0.2) is 0 Å². The zero-order valence-corrected chi connectivity index (χ0v) is 15.7. The van der Waals surface area contributed by atoms with E-state index in [4.69, 9.17) is 4.74 Å². The molecule has 1 amide bonds. The van der Waals surface area contributed by atoms with E-state index in [9.17, 15) is 4.79 Å². The van der Waals surface area contributed by atoms with Crippen molar-refractivity contribution in [1.82, 2.24) is 4.90 Å². The number of nitrogens with one attached hydrogen (secondary N) is 1. The minimum absolute atomic E-state index is 0.180. The molecule has 0 saturated heterocycles. The number of ether oxygens (including phenoxy) is 1. The first-order valence-corrected chi connectivity index (χ1v) is 8.94. The Hall–Kier alpha value is -1.85. The van der Waals surface area contributed by atoms with Crippen molar-refractivity contribution in [3.05, 3.63) is 58.6 Å². The zero-order valence-electron chi connectivity index (χ0n) is 14.1. The maximum absolute atomic E-state index is 12.6. The first-order chi connectivity index (χ1) is 11.6. The fraction of sp³-hybridized carbons (Fsp3) is 0.316. The third-order valence-electron chi connectivity index (χ3n) is 3.78. The van der Waals surface area contributed by atoms with Crippen molar-refractivity contribution < 1.29 is 9.53 Å². The van der Waals surface area contributed by atoms with Crippen molar-refractivity contribution in [3.63, 3.8) is 0 Å². The van der Waals surface area contributed by atoms with E-state index in [-0.39, 0.29) is 5.91 Å². The normalized spacial score (nSPS) is 10.7. The number of hydrogen-bond donors (Lipinski definition) is 1. The molecule has 0 aliphatic rings. The lowest BCUT2D eigenvalue weighted by Crippen LogP contribution is -2.28. The molecule has 0 unspecified atom stereocenters. The number of amides is 1. The number of anilines is 1. The second-order valence-electron chi connectivity index (χ2n) is 5.34. The molecule has 0 saturated carbocycles. The second-order valence-corrected chi connectivity index (χ2v) is 6.25. The highest BCUT2D eigenvalue weighted by molar-refractivity contribution is 9.10. The van der Waals surface area contributed by atoms with E-state index in [1.54, 1.807) is 6.07 Å². The predicted molar refractivity (Wildman–Crippen MR) is 102 cm³/mol. The number of carbonyl (C=O) groups excluding carboxylic acids is 1. The van der Waals surface area contributed by atoms with Crippen LogP contribution in [0.25, 0.3) is 0 Å². The number of rotatable bonds is 8. The van der Waals surface area contributed by atoms with E-state index >= 15 is 0 Å². The summed E-state index contributed by atoms with van der Waals surface area (Å²) in [4.78, 5) is 14.9. The maximum atomic E-state index is 12.6. The summed E-state index contributed by atoms with van der Waals surface area (Å²) in [7, 11) is 0. The van der Waals surface area contributed by atoms with Crippen LogP contribution in [-0.4, -0.2) is 37.0 Å². The number of hydrogen-bond acceptors (Lipinski definition) is 3. The van der Waals surface area contributed by atoms with E-state index in [2.05, 4.69) is 40.0 Å². The van der Waals surface area contributed by atoms with Crippen molar-refractivity contribution in [2.24, 2.45) is 0 Å². The molecule has 0 bridgehead atoms. The van der Waals surface area contributed by atoms with Gasteiger partial charge in [0.2, 0.25) is 0 Å². The van der Waals surface area contributed by atoms with Crippen molar-refractivity contribution in [3.8, 4) is 5.75 Å². The van der Waals surface area contributed by atoms with Gasteiger partial charge in [-0.25, -0.2) is 0 Å². The highest BCUT2D eigenvalue weighted by atomic mass is 79.9. The van der Waals surface area contributed by atoms with E-state index < -0.39 is 0 Å². The van der Waals surface area contributed by atoms with Crippen LogP contribution < -0.4 is 10.1 Å². The van der Waals surface area contributed by atoms with E-state index in [1.807, 2.05) is 42.5 Å². The summed E-state index contributed by atoms with van der Waals surface area (Å²) in [5.74, 6) is 0.416. The Labute approximate surface area is 151 Å². The van der Waals surface area contributed by atoms with Crippen molar-refractivity contribution in [1.29, 1.82) is 0 Å². The molecule has 0 heterocycles. The van der Waals surface area contributed by atoms with Gasteiger partial charge >= 0.3 is 0 Å². The monoisotopic (exact) mass is 390 g/mol. The average molecular weight is 391 g/mol. The molecular formula is C19H23BrN2O2. The standard InChI is InChI=1S/C19H23BrN2O2/c1-3-22(4-2)12-13-24-18-11-10-15(20)14-17(18)19(23)21-16-8-6-5-7-9-16/h5-11,14H,3-4,12-13H2,1-2H3,(H,21,23). The van der Waals surface area contributed by atoms with Crippen LogP contribution in [0.5, 0.6) is 5.75 Å². The first-order valence-electron chi connectivity index (χ1n) is 8.15. The second kappa shape index (κ2) is 9.45. The predicted octanol–water partition coefficient (Wildman–Crippen LogP) is 4.42. The van der Waals surface area contributed by atoms with Gasteiger partial charge in [-0.05, 0) is 43.4 Å². The molecule has 0 atom stereocenters. The van der Waals surface area contributed by atoms with Gasteiger partial charge in [-0.2, -0.15) is 0 Å². The third kappa shape index (κ3) is 5.35. The molecule has 4 nitrogen and oxygen atoms in total. The van der Waals surface area contributed by atoms with Gasteiger partial charge in [0, 0.05) is 16.7 Å². The van der Waals surface area contributed by atoms with Crippen LogP contribution in [0.1, 0.15) is 24.2 Å². The number of carbonyl (C=O) groups is 1. The summed E-state index contributed by atoms with van der Waals surface area (Å²) >= 11 is 3.42. The van der Waals surface area contributed by atoms with Crippen molar-refractivity contribution in [2.75, 3.05) is 31.6 Å². The van der Waals surface area contributed by atoms with Gasteiger partial charge in [0.05, 0.1) is 5.56 Å². The molecule has 0 radical (unpaired) electrons. The van der Waals surface area contributed by atoms with Crippen LogP contribution >= 0.6 is 15.9 Å². The summed E-state index contributed by atoms with van der Waals surface area (Å²) in [5.41, 5.74) is 1.28. The SMILES string of the molecule is CCN(CC)CCOc1ccc(Br)cc1C(=O)Nc1ccccc1. The first kappa shape index (κ1) is 18.5. The van der Waals surface area contributed by atoms with Crippen LogP contribution in [0.3, 0.4) is 0 Å². The molecule has 0 spiro atoms. The van der Waals surface area contributed by atoms with Gasteiger partial charge in [0.25, 0.3) is 5.91 Å². The van der Waals surface area contributed by atoms with Crippen LogP contribution in [0.15, 0.2) is 53.0 Å². The molecular weight excluding hydrogens is 368 g/mol. The molecule has 0 aliphatic heterocycles. The molecule has 2 aromatic carbocycles. The van der Waals surface area contributed by atoms with Crippen molar-refractivity contribution in [2.45, 2.75) is 13.8 Å². The molecule has 0 aromatic heterocycles. The van der Waals surface area contributed by atoms with E-state index in [0.717, 1.165) is 29.8 Å². The molecule has 0 aliphatic carbocycles. The minimum atomic E-state index is -0.180. The Morgan fingerprint density at radius 2 is 1.83 bits per heavy atom. The summed E-state index contributed by atoms with van der Waals surface area (Å²) in [6, 6.07) is 14.9. The Morgan fingerprint density at radius 1 is 1.12 bits per heavy atom. The maximum Gasteiger partial charge on any atom is 0.259 e. The van der Waals surface area contributed by atoms with Crippen molar-refractivity contribution >= 4 is 27.5 Å². The Bertz CT molecular complexity index is 658. The topological polar surface area (TPSA) is 41.6 Å². The molecule has 2 aromatic rings. The van der Waals surface area contributed by atoms with Gasteiger partial charge < -0.3 is 15.0 Å². The summed E-state index contributed by atoms with van der Waals surface area (Å²) in [6.45, 7) is 7.62. The number of nitrogens with zero attached hydrogens (tertiary/aromatic N) is 1. The molecule has 128 valence electrons. The van der Waals surface area contributed by atoms with Gasteiger partial charge in [-0.3, -0.25) is 4.79 Å². The molecule has 2 rings (SSSR count). The fourth-order valence-corrected chi connectivity index (χ4v) is 2.71. The molecule has 5 heteroatoms. The Balaban J connectivity index is 2.08. The quantitative estimate of drug-likeness (QED) is 0.724. The number of halogens is 1.